The van der Waals surface area contributed by atoms with Crippen molar-refractivity contribution in [3.8, 4) is 29.1 Å². The lowest BCUT2D eigenvalue weighted by Crippen LogP contribution is -2.39. The van der Waals surface area contributed by atoms with Gasteiger partial charge in [-0.15, -0.1) is 0 Å². The van der Waals surface area contributed by atoms with Crippen molar-refractivity contribution in [1.29, 1.82) is 0 Å². The zero-order valence-corrected chi connectivity index (χ0v) is 21.2. The molecule has 0 spiro atoms. The Morgan fingerprint density at radius 3 is 2.54 bits per heavy atom. The molecule has 9 nitrogen and oxygen atoms in total. The Bertz CT molecular complexity index is 1350. The molecule has 0 fully saturated rings. The zero-order valence-electron chi connectivity index (χ0n) is 21.2. The first-order chi connectivity index (χ1) is 17.9. The highest BCUT2D eigenvalue weighted by Crippen LogP contribution is 2.27. The fraction of sp³-hybridized carbons (Fsp3) is 0.286. The van der Waals surface area contributed by atoms with Gasteiger partial charge < -0.3 is 14.2 Å². The van der Waals surface area contributed by atoms with E-state index in [2.05, 4.69) is 27.1 Å². The van der Waals surface area contributed by atoms with Gasteiger partial charge in [-0.1, -0.05) is 17.9 Å². The molecule has 2 amide bonds. The standard InChI is InChI=1S/C28H28N4O5/c1-18(2)37-25-15-26(29-16-21(25)8-7-19-12-23(35-3)14-24(13-19)36-4)31-28(34)32-11-5-6-20-9-10-22(17-33)30-27(20)32/h9-10,12-18H,5-6,11H2,1-4H3,(H,29,31,34). The van der Waals surface area contributed by atoms with Crippen LogP contribution in [0.25, 0.3) is 0 Å². The normalized spacial score (nSPS) is 12.2. The molecule has 1 aliphatic rings. The van der Waals surface area contributed by atoms with Crippen molar-refractivity contribution in [2.45, 2.75) is 32.8 Å². The van der Waals surface area contributed by atoms with Gasteiger partial charge >= 0.3 is 6.03 Å². The second-order valence-electron chi connectivity index (χ2n) is 8.61. The van der Waals surface area contributed by atoms with Gasteiger partial charge in [-0.2, -0.15) is 0 Å². The van der Waals surface area contributed by atoms with E-state index in [4.69, 9.17) is 14.2 Å². The van der Waals surface area contributed by atoms with Crippen molar-refractivity contribution >= 4 is 24.0 Å². The molecule has 1 N–H and O–H groups in total. The van der Waals surface area contributed by atoms with E-state index in [1.165, 1.54) is 4.90 Å². The lowest BCUT2D eigenvalue weighted by molar-refractivity contribution is 0.111. The molecule has 3 aromatic rings. The van der Waals surface area contributed by atoms with Crippen LogP contribution in [0.1, 0.15) is 47.4 Å². The molecule has 37 heavy (non-hydrogen) atoms. The first-order valence-corrected chi connectivity index (χ1v) is 11.9. The predicted octanol–water partition coefficient (Wildman–Crippen LogP) is 4.48. The number of carbonyl (C=O) groups is 2. The van der Waals surface area contributed by atoms with E-state index in [0.717, 1.165) is 18.4 Å². The number of aromatic nitrogens is 2. The van der Waals surface area contributed by atoms with Crippen LogP contribution < -0.4 is 24.4 Å². The Balaban J connectivity index is 1.60. The molecule has 0 atom stereocenters. The minimum absolute atomic E-state index is 0.122. The number of anilines is 2. The van der Waals surface area contributed by atoms with Crippen molar-refractivity contribution in [3.05, 3.63) is 65.0 Å². The van der Waals surface area contributed by atoms with Crippen molar-refractivity contribution in [1.82, 2.24) is 9.97 Å². The Kier molecular flexibility index (Phi) is 7.89. The van der Waals surface area contributed by atoms with Crippen LogP contribution in [-0.4, -0.2) is 49.2 Å². The number of benzene rings is 1. The SMILES string of the molecule is COc1cc(C#Cc2cnc(NC(=O)N3CCCc4ccc(C=O)nc43)cc2OC(C)C)cc(OC)c1. The summed E-state index contributed by atoms with van der Waals surface area (Å²) in [7, 11) is 3.16. The number of fused-ring (bicyclic) bond motifs is 1. The van der Waals surface area contributed by atoms with E-state index < -0.39 is 0 Å². The molecule has 2 aromatic heterocycles. The summed E-state index contributed by atoms with van der Waals surface area (Å²) in [5.41, 5.74) is 2.47. The third-order valence-corrected chi connectivity index (χ3v) is 5.58. The monoisotopic (exact) mass is 500 g/mol. The molecular formula is C28H28N4O5. The quantitative estimate of drug-likeness (QED) is 0.393. The highest BCUT2D eigenvalue weighted by atomic mass is 16.5. The Hall–Kier alpha value is -4.58. The van der Waals surface area contributed by atoms with Crippen molar-refractivity contribution in [2.24, 2.45) is 0 Å². The van der Waals surface area contributed by atoms with Gasteiger partial charge in [0, 0.05) is 30.4 Å². The number of nitrogens with one attached hydrogen (secondary N) is 1. The zero-order chi connectivity index (χ0) is 26.4. The molecule has 0 bridgehead atoms. The molecule has 0 aliphatic carbocycles. The van der Waals surface area contributed by atoms with E-state index in [1.54, 1.807) is 50.7 Å². The van der Waals surface area contributed by atoms with Crippen LogP contribution in [0.4, 0.5) is 16.4 Å². The molecule has 1 aliphatic heterocycles. The first kappa shape index (κ1) is 25.5. The van der Waals surface area contributed by atoms with Gasteiger partial charge in [0.15, 0.2) is 6.29 Å². The van der Waals surface area contributed by atoms with Crippen LogP contribution in [0.5, 0.6) is 17.2 Å². The number of methoxy groups -OCH3 is 2. The highest BCUT2D eigenvalue weighted by molar-refractivity contribution is 6.01. The molecule has 0 saturated carbocycles. The molecule has 9 heteroatoms. The second-order valence-corrected chi connectivity index (χ2v) is 8.61. The molecule has 3 heterocycles. The van der Waals surface area contributed by atoms with E-state index in [-0.39, 0.29) is 17.8 Å². The number of ether oxygens (including phenoxy) is 3. The van der Waals surface area contributed by atoms with Gasteiger partial charge in [-0.3, -0.25) is 15.0 Å². The minimum Gasteiger partial charge on any atom is -0.497 e. The summed E-state index contributed by atoms with van der Waals surface area (Å²) in [4.78, 5) is 34.6. The van der Waals surface area contributed by atoms with Gasteiger partial charge in [-0.25, -0.2) is 14.8 Å². The van der Waals surface area contributed by atoms with Crippen LogP contribution in [0.3, 0.4) is 0 Å². The van der Waals surface area contributed by atoms with Gasteiger partial charge in [-0.05, 0) is 50.5 Å². The fourth-order valence-corrected chi connectivity index (χ4v) is 3.86. The maximum atomic E-state index is 13.1. The lowest BCUT2D eigenvalue weighted by atomic mass is 10.1. The lowest BCUT2D eigenvalue weighted by Gasteiger charge is -2.28. The summed E-state index contributed by atoms with van der Waals surface area (Å²) in [6.45, 7) is 4.30. The van der Waals surface area contributed by atoms with Crippen molar-refractivity contribution < 1.29 is 23.8 Å². The summed E-state index contributed by atoms with van der Waals surface area (Å²) >= 11 is 0. The van der Waals surface area contributed by atoms with E-state index in [1.807, 2.05) is 19.9 Å². The van der Waals surface area contributed by atoms with E-state index in [0.29, 0.717) is 52.8 Å². The average Bonchev–Trinajstić information content (AvgIpc) is 2.91. The average molecular weight is 501 g/mol. The van der Waals surface area contributed by atoms with Gasteiger partial charge in [0.2, 0.25) is 0 Å². The maximum absolute atomic E-state index is 13.1. The summed E-state index contributed by atoms with van der Waals surface area (Å²) < 4.78 is 16.6. The number of pyridine rings is 2. The van der Waals surface area contributed by atoms with Crippen molar-refractivity contribution in [2.75, 3.05) is 31.0 Å². The first-order valence-electron chi connectivity index (χ1n) is 11.9. The van der Waals surface area contributed by atoms with Crippen molar-refractivity contribution in [3.63, 3.8) is 0 Å². The predicted molar refractivity (Wildman–Crippen MR) is 140 cm³/mol. The number of hydrogen-bond acceptors (Lipinski definition) is 7. The van der Waals surface area contributed by atoms with Gasteiger partial charge in [0.25, 0.3) is 0 Å². The minimum atomic E-state index is -0.387. The molecule has 0 unspecified atom stereocenters. The summed E-state index contributed by atoms with van der Waals surface area (Å²) in [6.07, 6.45) is 3.70. The van der Waals surface area contributed by atoms with Gasteiger partial charge in [0.05, 0.1) is 25.9 Å². The van der Waals surface area contributed by atoms with Crippen LogP contribution >= 0.6 is 0 Å². The molecule has 1 aromatic carbocycles. The molecule has 190 valence electrons. The third kappa shape index (κ3) is 6.16. The van der Waals surface area contributed by atoms with Gasteiger partial charge in [0.1, 0.15) is 34.6 Å². The number of urea groups is 1. The summed E-state index contributed by atoms with van der Waals surface area (Å²) in [5.74, 6) is 8.74. The number of rotatable bonds is 6. The maximum Gasteiger partial charge on any atom is 0.328 e. The number of amides is 2. The van der Waals surface area contributed by atoms with Crippen LogP contribution in [0.2, 0.25) is 0 Å². The third-order valence-electron chi connectivity index (χ3n) is 5.58. The summed E-state index contributed by atoms with van der Waals surface area (Å²) in [5, 5.41) is 2.82. The number of aryl methyl sites for hydroxylation is 1. The Morgan fingerprint density at radius 2 is 1.86 bits per heavy atom. The number of nitrogens with zero attached hydrogens (tertiary/aromatic N) is 3. The summed E-state index contributed by atoms with van der Waals surface area (Å²) in [6, 6.07) is 10.1. The number of aldehydes is 1. The smallest absolute Gasteiger partial charge is 0.328 e. The van der Waals surface area contributed by atoms with Crippen LogP contribution in [-0.2, 0) is 6.42 Å². The Morgan fingerprint density at radius 1 is 1.11 bits per heavy atom. The molecular weight excluding hydrogens is 472 g/mol. The number of carbonyl (C=O) groups excluding carboxylic acids is 2. The van der Waals surface area contributed by atoms with E-state index in [9.17, 15) is 9.59 Å². The van der Waals surface area contributed by atoms with E-state index >= 15 is 0 Å². The molecule has 0 radical (unpaired) electrons. The number of hydrogen-bond donors (Lipinski definition) is 1. The largest absolute Gasteiger partial charge is 0.497 e. The molecule has 0 saturated heterocycles. The fourth-order valence-electron chi connectivity index (χ4n) is 3.86. The van der Waals surface area contributed by atoms with Crippen LogP contribution in [0.15, 0.2) is 42.6 Å². The second kappa shape index (κ2) is 11.4. The Labute approximate surface area is 215 Å². The van der Waals surface area contributed by atoms with Crippen LogP contribution in [0, 0.1) is 11.8 Å². The highest BCUT2D eigenvalue weighted by Gasteiger charge is 2.25. The molecule has 4 rings (SSSR count). The topological polar surface area (TPSA) is 103 Å².